The first-order chi connectivity index (χ1) is 16.3. The monoisotopic (exact) mass is 488 g/mol. The van der Waals surface area contributed by atoms with Crippen molar-refractivity contribution in [3.05, 3.63) is 65.2 Å². The summed E-state index contributed by atoms with van der Waals surface area (Å²) in [7, 11) is 0. The Morgan fingerprint density at radius 2 is 1.66 bits per heavy atom. The lowest BCUT2D eigenvalue weighted by molar-refractivity contribution is -0.170. The molecule has 2 amide bonds. The molecule has 1 heterocycles. The molecule has 6 nitrogen and oxygen atoms in total. The Morgan fingerprint density at radius 1 is 1.03 bits per heavy atom. The molecule has 0 aromatic heterocycles. The molecular weight excluding hydrogens is 454 g/mol. The van der Waals surface area contributed by atoms with Crippen molar-refractivity contribution < 1.29 is 27.8 Å². The Morgan fingerprint density at radius 3 is 2.26 bits per heavy atom. The van der Waals surface area contributed by atoms with Crippen LogP contribution in [-0.4, -0.2) is 40.7 Å². The molecule has 190 valence electrons. The number of esters is 1. The Labute approximate surface area is 205 Å². The number of hydrogen-bond acceptors (Lipinski definition) is 4. The lowest BCUT2D eigenvalue weighted by atomic mass is 10.0. The lowest BCUT2D eigenvalue weighted by Crippen LogP contribution is -2.43. The third-order valence-corrected chi connectivity index (χ3v) is 5.56. The third kappa shape index (κ3) is 7.94. The average Bonchev–Trinajstić information content (AvgIpc) is 3.06. The van der Waals surface area contributed by atoms with Crippen LogP contribution in [0.3, 0.4) is 0 Å². The number of ether oxygens (including phenoxy) is 2. The van der Waals surface area contributed by atoms with Crippen LogP contribution >= 0.6 is 0 Å². The Bertz CT molecular complexity index is 1030. The molecular formula is C27H34F2N2O4. The van der Waals surface area contributed by atoms with Gasteiger partial charge in [-0.2, -0.15) is 0 Å². The molecule has 2 aromatic rings. The molecule has 1 atom stereocenters. The summed E-state index contributed by atoms with van der Waals surface area (Å²) in [5.41, 5.74) is -0.160. The topological polar surface area (TPSA) is 67.9 Å². The van der Waals surface area contributed by atoms with E-state index in [9.17, 15) is 18.4 Å². The van der Waals surface area contributed by atoms with Crippen molar-refractivity contribution in [2.75, 3.05) is 6.54 Å². The van der Waals surface area contributed by atoms with E-state index in [4.69, 9.17) is 9.47 Å². The molecule has 1 aliphatic rings. The summed E-state index contributed by atoms with van der Waals surface area (Å²) in [6.07, 6.45) is 2.46. The predicted molar refractivity (Wildman–Crippen MR) is 129 cm³/mol. The Balaban J connectivity index is 1.45. The summed E-state index contributed by atoms with van der Waals surface area (Å²) < 4.78 is 38.1. The molecule has 8 heteroatoms. The van der Waals surface area contributed by atoms with Gasteiger partial charge in [0.2, 0.25) is 0 Å². The molecule has 0 bridgehead atoms. The summed E-state index contributed by atoms with van der Waals surface area (Å²) in [5, 5.41) is 2.94. The molecule has 1 N–H and O–H groups in total. The van der Waals surface area contributed by atoms with Crippen molar-refractivity contribution in [3.63, 3.8) is 0 Å². The van der Waals surface area contributed by atoms with Gasteiger partial charge in [-0.3, -0.25) is 0 Å². The molecule has 3 rings (SSSR count). The molecule has 0 radical (unpaired) electrons. The number of carbonyl (C=O) groups excluding carboxylic acids is 2. The fourth-order valence-electron chi connectivity index (χ4n) is 3.90. The molecule has 0 saturated carbocycles. The zero-order chi connectivity index (χ0) is 25.8. The summed E-state index contributed by atoms with van der Waals surface area (Å²) in [6, 6.07) is 10.6. The average molecular weight is 489 g/mol. The van der Waals surface area contributed by atoms with Crippen LogP contribution in [0, 0.1) is 11.6 Å². The molecule has 1 aliphatic heterocycles. The van der Waals surface area contributed by atoms with E-state index in [-0.39, 0.29) is 18.6 Å². The fraction of sp³-hybridized carbons (Fsp3) is 0.481. The van der Waals surface area contributed by atoms with Gasteiger partial charge in [0.1, 0.15) is 23.0 Å². The van der Waals surface area contributed by atoms with Gasteiger partial charge in [0.25, 0.3) is 0 Å². The van der Waals surface area contributed by atoms with Gasteiger partial charge >= 0.3 is 12.0 Å². The van der Waals surface area contributed by atoms with Gasteiger partial charge in [-0.25, -0.2) is 18.4 Å². The van der Waals surface area contributed by atoms with E-state index in [2.05, 4.69) is 5.32 Å². The van der Waals surface area contributed by atoms with E-state index in [1.54, 1.807) is 18.7 Å². The van der Waals surface area contributed by atoms with Crippen LogP contribution in [0.1, 0.15) is 58.6 Å². The van der Waals surface area contributed by atoms with Crippen LogP contribution in [0.15, 0.2) is 42.5 Å². The highest BCUT2D eigenvalue weighted by Gasteiger charge is 2.34. The maximum atomic E-state index is 13.4. The van der Waals surface area contributed by atoms with Crippen molar-refractivity contribution in [2.24, 2.45) is 0 Å². The third-order valence-electron chi connectivity index (χ3n) is 5.56. The largest absolute Gasteiger partial charge is 0.476 e. The highest BCUT2D eigenvalue weighted by atomic mass is 19.1. The van der Waals surface area contributed by atoms with E-state index in [0.717, 1.165) is 30.9 Å². The second-order valence-corrected chi connectivity index (χ2v) is 10.5. The lowest BCUT2D eigenvalue weighted by Gasteiger charge is -2.29. The first kappa shape index (κ1) is 26.4. The predicted octanol–water partition coefficient (Wildman–Crippen LogP) is 5.38. The number of halogens is 2. The number of carbonyl (C=O) groups is 2. The number of aryl methyl sites for hydroxylation is 1. The van der Waals surface area contributed by atoms with Crippen LogP contribution in [0.2, 0.25) is 0 Å². The van der Waals surface area contributed by atoms with Gasteiger partial charge in [-0.1, -0.05) is 12.1 Å². The Kier molecular flexibility index (Phi) is 8.03. The minimum absolute atomic E-state index is 0.0156. The van der Waals surface area contributed by atoms with Gasteiger partial charge in [0.05, 0.1) is 0 Å². The maximum Gasteiger partial charge on any atom is 0.350 e. The minimum atomic E-state index is -1.11. The van der Waals surface area contributed by atoms with Gasteiger partial charge < -0.3 is 19.7 Å². The van der Waals surface area contributed by atoms with Gasteiger partial charge in [0, 0.05) is 25.2 Å². The van der Waals surface area contributed by atoms with Crippen LogP contribution in [0.4, 0.5) is 13.6 Å². The van der Waals surface area contributed by atoms with E-state index in [1.807, 2.05) is 45.0 Å². The van der Waals surface area contributed by atoms with Crippen LogP contribution in [0.5, 0.6) is 5.75 Å². The molecule has 1 fully saturated rings. The molecule has 0 aliphatic carbocycles. The van der Waals surface area contributed by atoms with Crippen molar-refractivity contribution in [1.82, 2.24) is 10.2 Å². The summed E-state index contributed by atoms with van der Waals surface area (Å²) >= 11 is 0. The van der Waals surface area contributed by atoms with Crippen molar-refractivity contribution >= 4 is 12.0 Å². The van der Waals surface area contributed by atoms with E-state index in [1.165, 1.54) is 12.1 Å². The summed E-state index contributed by atoms with van der Waals surface area (Å²) in [4.78, 5) is 26.2. The van der Waals surface area contributed by atoms with Gasteiger partial charge in [-0.05, 0) is 89.3 Å². The minimum Gasteiger partial charge on any atom is -0.476 e. The van der Waals surface area contributed by atoms with Crippen LogP contribution in [-0.2, 0) is 22.5 Å². The SMILES string of the molecule is CC(C)(C)OC(=O)C(C)(C)Oc1ccc(CCCC2CN(Cc3cc(F)cc(F)c3)C(=O)N2)cc1. The standard InChI is InChI=1S/C27H34F2N2O4/c1-26(2,3)35-24(32)27(4,5)34-23-11-9-18(10-12-23)7-6-8-22-17-31(25(33)30-22)16-19-13-20(28)15-21(29)14-19/h9-15,22H,6-8,16-17H2,1-5H3,(H,30,33). The van der Waals surface area contributed by atoms with E-state index < -0.39 is 28.8 Å². The van der Waals surface area contributed by atoms with Gasteiger partial charge in [-0.15, -0.1) is 0 Å². The Hall–Kier alpha value is -3.16. The van der Waals surface area contributed by atoms with Crippen molar-refractivity contribution in [2.45, 2.75) is 77.7 Å². The number of benzene rings is 2. The molecule has 1 saturated heterocycles. The smallest absolute Gasteiger partial charge is 0.350 e. The highest BCUT2D eigenvalue weighted by Crippen LogP contribution is 2.23. The summed E-state index contributed by atoms with van der Waals surface area (Å²) in [5.74, 6) is -1.15. The second kappa shape index (κ2) is 10.6. The molecule has 0 spiro atoms. The first-order valence-corrected chi connectivity index (χ1v) is 11.8. The summed E-state index contributed by atoms with van der Waals surface area (Å²) in [6.45, 7) is 9.46. The number of urea groups is 1. The highest BCUT2D eigenvalue weighted by molar-refractivity contribution is 5.79. The normalized spacial score (nSPS) is 16.3. The van der Waals surface area contributed by atoms with Crippen LogP contribution in [0.25, 0.3) is 0 Å². The number of rotatable bonds is 9. The quantitative estimate of drug-likeness (QED) is 0.481. The maximum absolute atomic E-state index is 13.4. The van der Waals surface area contributed by atoms with Crippen molar-refractivity contribution in [3.8, 4) is 5.75 Å². The van der Waals surface area contributed by atoms with E-state index >= 15 is 0 Å². The first-order valence-electron chi connectivity index (χ1n) is 11.8. The second-order valence-electron chi connectivity index (χ2n) is 10.5. The van der Waals surface area contributed by atoms with Crippen LogP contribution < -0.4 is 10.1 Å². The zero-order valence-corrected chi connectivity index (χ0v) is 21.0. The number of hydrogen-bond donors (Lipinski definition) is 1. The molecule has 35 heavy (non-hydrogen) atoms. The molecule has 2 aromatic carbocycles. The number of nitrogens with one attached hydrogen (secondary N) is 1. The van der Waals surface area contributed by atoms with Crippen molar-refractivity contribution in [1.29, 1.82) is 0 Å². The van der Waals surface area contributed by atoms with Gasteiger partial charge in [0.15, 0.2) is 5.60 Å². The van der Waals surface area contributed by atoms with E-state index in [0.29, 0.717) is 17.9 Å². The number of amides is 2. The zero-order valence-electron chi connectivity index (χ0n) is 21.0. The number of nitrogens with zero attached hydrogens (tertiary/aromatic N) is 1. The molecule has 1 unspecified atom stereocenters. The fourth-order valence-corrected chi connectivity index (χ4v) is 3.90.